The summed E-state index contributed by atoms with van der Waals surface area (Å²) in [7, 11) is 0. The molecule has 0 saturated heterocycles. The van der Waals surface area contributed by atoms with Gasteiger partial charge in [0.15, 0.2) is 0 Å². The smallest absolute Gasteiger partial charge is 0.0897 e. The maximum atomic E-state index is 10.2. The fourth-order valence-corrected chi connectivity index (χ4v) is 3.99. The predicted molar refractivity (Wildman–Crippen MR) is 87.4 cm³/mol. The number of rotatable bonds is 6. The molecule has 0 aromatic carbocycles. The summed E-state index contributed by atoms with van der Waals surface area (Å²) in [4.78, 5) is 0. The van der Waals surface area contributed by atoms with E-state index in [1.54, 1.807) is 0 Å². The highest BCUT2D eigenvalue weighted by Crippen LogP contribution is 2.35. The van der Waals surface area contributed by atoms with Crippen LogP contribution >= 0.6 is 0 Å². The number of aliphatic hydroxyl groups is 1. The van der Waals surface area contributed by atoms with Crippen LogP contribution in [0.5, 0.6) is 0 Å². The van der Waals surface area contributed by atoms with E-state index in [1.807, 2.05) is 0 Å². The summed E-state index contributed by atoms with van der Waals surface area (Å²) in [5.41, 5.74) is 0.359. The molecular weight excluding hydrogens is 262 g/mol. The van der Waals surface area contributed by atoms with Crippen LogP contribution in [0, 0.1) is 11.3 Å². The number of hydrogen-bond donors (Lipinski definition) is 2. The Balaban J connectivity index is 1.64. The molecule has 0 spiro atoms. The minimum absolute atomic E-state index is 0.359. The van der Waals surface area contributed by atoms with E-state index in [1.165, 1.54) is 44.9 Å². The summed E-state index contributed by atoms with van der Waals surface area (Å²) < 4.78 is 5.92. The summed E-state index contributed by atoms with van der Waals surface area (Å²) in [6.07, 6.45) is 10.1. The normalized spacial score (nSPS) is 34.6. The summed E-state index contributed by atoms with van der Waals surface area (Å²) in [5, 5.41) is 13.7. The van der Waals surface area contributed by atoms with Crippen molar-refractivity contribution in [3.8, 4) is 0 Å². The van der Waals surface area contributed by atoms with Gasteiger partial charge in [-0.25, -0.2) is 0 Å². The SMILES string of the molecule is CC1CCCC(OCC(O)CNC2CCCCC2(C)C)C1. The molecule has 4 unspecified atom stereocenters. The molecule has 3 heteroatoms. The second-order valence-corrected chi connectivity index (χ2v) is 8.08. The predicted octanol–water partition coefficient (Wildman–Crippen LogP) is 3.50. The van der Waals surface area contributed by atoms with Crippen LogP contribution in [-0.4, -0.2) is 36.5 Å². The van der Waals surface area contributed by atoms with Crippen molar-refractivity contribution in [3.63, 3.8) is 0 Å². The molecule has 2 aliphatic carbocycles. The molecule has 0 radical (unpaired) electrons. The first-order valence-corrected chi connectivity index (χ1v) is 9.00. The van der Waals surface area contributed by atoms with Gasteiger partial charge >= 0.3 is 0 Å². The van der Waals surface area contributed by atoms with Crippen molar-refractivity contribution in [2.75, 3.05) is 13.2 Å². The molecule has 2 fully saturated rings. The van der Waals surface area contributed by atoms with E-state index in [-0.39, 0.29) is 6.10 Å². The highest BCUT2D eigenvalue weighted by Gasteiger charge is 2.32. The van der Waals surface area contributed by atoms with Crippen LogP contribution in [0.1, 0.15) is 72.1 Å². The third-order valence-electron chi connectivity index (χ3n) is 5.52. The van der Waals surface area contributed by atoms with Gasteiger partial charge in [-0.05, 0) is 37.0 Å². The van der Waals surface area contributed by atoms with Gasteiger partial charge in [0.25, 0.3) is 0 Å². The topological polar surface area (TPSA) is 41.5 Å². The van der Waals surface area contributed by atoms with E-state index in [2.05, 4.69) is 26.1 Å². The first-order valence-electron chi connectivity index (χ1n) is 9.00. The number of nitrogens with one attached hydrogen (secondary N) is 1. The highest BCUT2D eigenvalue weighted by molar-refractivity contribution is 4.88. The Morgan fingerprint density at radius 3 is 2.71 bits per heavy atom. The van der Waals surface area contributed by atoms with E-state index < -0.39 is 0 Å². The minimum atomic E-state index is -0.375. The standard InChI is InChI=1S/C18H35NO2/c1-14-7-6-8-16(11-14)21-13-15(20)12-19-17-9-4-5-10-18(17,2)3/h14-17,19-20H,4-13H2,1-3H3. The maximum Gasteiger partial charge on any atom is 0.0897 e. The first-order chi connectivity index (χ1) is 9.97. The summed E-state index contributed by atoms with van der Waals surface area (Å²) >= 11 is 0. The molecule has 0 bridgehead atoms. The Morgan fingerprint density at radius 2 is 2.00 bits per heavy atom. The second-order valence-electron chi connectivity index (χ2n) is 8.08. The monoisotopic (exact) mass is 297 g/mol. The molecule has 2 saturated carbocycles. The van der Waals surface area contributed by atoms with Gasteiger partial charge in [0, 0.05) is 12.6 Å². The second kappa shape index (κ2) is 7.94. The molecule has 3 nitrogen and oxygen atoms in total. The van der Waals surface area contributed by atoms with Crippen LogP contribution in [0.4, 0.5) is 0 Å². The van der Waals surface area contributed by atoms with Gasteiger partial charge in [-0.2, -0.15) is 0 Å². The molecular formula is C18H35NO2. The lowest BCUT2D eigenvalue weighted by atomic mass is 9.73. The summed E-state index contributed by atoms with van der Waals surface area (Å²) in [6.45, 7) is 8.14. The lowest BCUT2D eigenvalue weighted by Gasteiger charge is -2.39. The zero-order valence-electron chi connectivity index (χ0n) is 14.2. The van der Waals surface area contributed by atoms with Gasteiger partial charge < -0.3 is 15.2 Å². The van der Waals surface area contributed by atoms with Crippen molar-refractivity contribution in [3.05, 3.63) is 0 Å². The summed E-state index contributed by atoms with van der Waals surface area (Å²) in [5.74, 6) is 0.780. The van der Waals surface area contributed by atoms with Gasteiger partial charge in [0.05, 0.1) is 18.8 Å². The third kappa shape index (κ3) is 5.54. The van der Waals surface area contributed by atoms with Crippen molar-refractivity contribution < 1.29 is 9.84 Å². The highest BCUT2D eigenvalue weighted by atomic mass is 16.5. The molecule has 0 heterocycles. The lowest BCUT2D eigenvalue weighted by Crippen LogP contribution is -2.47. The van der Waals surface area contributed by atoms with Gasteiger partial charge in [-0.15, -0.1) is 0 Å². The number of ether oxygens (including phenoxy) is 1. The molecule has 4 atom stereocenters. The molecule has 0 aliphatic heterocycles. The number of hydrogen-bond acceptors (Lipinski definition) is 3. The quantitative estimate of drug-likeness (QED) is 0.788. The Hall–Kier alpha value is -0.120. The largest absolute Gasteiger partial charge is 0.389 e. The fraction of sp³-hybridized carbons (Fsp3) is 1.00. The van der Waals surface area contributed by atoms with E-state index in [9.17, 15) is 5.11 Å². The Morgan fingerprint density at radius 1 is 1.19 bits per heavy atom. The van der Waals surface area contributed by atoms with Crippen LogP contribution in [0.2, 0.25) is 0 Å². The molecule has 21 heavy (non-hydrogen) atoms. The van der Waals surface area contributed by atoms with Gasteiger partial charge in [0.1, 0.15) is 0 Å². The van der Waals surface area contributed by atoms with Gasteiger partial charge in [0.2, 0.25) is 0 Å². The van der Waals surface area contributed by atoms with Crippen LogP contribution in [-0.2, 0) is 4.74 Å². The van der Waals surface area contributed by atoms with E-state index in [4.69, 9.17) is 4.74 Å². The molecule has 2 rings (SSSR count). The van der Waals surface area contributed by atoms with Crippen molar-refractivity contribution in [2.45, 2.75) is 90.4 Å². The van der Waals surface area contributed by atoms with E-state index in [0.717, 1.165) is 12.3 Å². The first kappa shape index (κ1) is 17.2. The van der Waals surface area contributed by atoms with Crippen molar-refractivity contribution in [1.29, 1.82) is 0 Å². The van der Waals surface area contributed by atoms with Gasteiger partial charge in [-0.1, -0.05) is 46.5 Å². The van der Waals surface area contributed by atoms with Crippen LogP contribution in [0.3, 0.4) is 0 Å². The van der Waals surface area contributed by atoms with Crippen molar-refractivity contribution in [1.82, 2.24) is 5.32 Å². The maximum absolute atomic E-state index is 10.2. The van der Waals surface area contributed by atoms with Crippen LogP contribution in [0.15, 0.2) is 0 Å². The van der Waals surface area contributed by atoms with Crippen LogP contribution in [0.25, 0.3) is 0 Å². The molecule has 0 amide bonds. The average Bonchev–Trinajstić information content (AvgIpc) is 2.43. The van der Waals surface area contributed by atoms with Crippen molar-refractivity contribution >= 4 is 0 Å². The average molecular weight is 297 g/mol. The fourth-order valence-electron chi connectivity index (χ4n) is 3.99. The van der Waals surface area contributed by atoms with Crippen LogP contribution < -0.4 is 5.32 Å². The molecule has 2 aliphatic rings. The van der Waals surface area contributed by atoms with Crippen molar-refractivity contribution in [2.24, 2.45) is 11.3 Å². The molecule has 0 aromatic rings. The molecule has 2 N–H and O–H groups in total. The Kier molecular flexibility index (Phi) is 6.51. The third-order valence-corrected chi connectivity index (χ3v) is 5.52. The van der Waals surface area contributed by atoms with E-state index >= 15 is 0 Å². The van der Waals surface area contributed by atoms with Gasteiger partial charge in [-0.3, -0.25) is 0 Å². The zero-order valence-corrected chi connectivity index (χ0v) is 14.2. The summed E-state index contributed by atoms with van der Waals surface area (Å²) in [6, 6.07) is 0.538. The lowest BCUT2D eigenvalue weighted by molar-refractivity contribution is -0.0326. The Labute approximate surface area is 130 Å². The molecule has 124 valence electrons. The minimum Gasteiger partial charge on any atom is -0.389 e. The Bertz CT molecular complexity index is 306. The number of aliphatic hydroxyl groups excluding tert-OH is 1. The zero-order chi connectivity index (χ0) is 15.3. The molecule has 0 aromatic heterocycles. The van der Waals surface area contributed by atoms with E-state index in [0.29, 0.717) is 30.7 Å².